The van der Waals surface area contributed by atoms with Crippen molar-refractivity contribution in [3.05, 3.63) is 0 Å². The largest absolute Gasteiger partial charge is 0.374 e. The number of amides is 1. The van der Waals surface area contributed by atoms with Gasteiger partial charge in [-0.05, 0) is 39.2 Å². The van der Waals surface area contributed by atoms with Gasteiger partial charge in [-0.2, -0.15) is 0 Å². The Balaban J connectivity index is 2.01. The summed E-state index contributed by atoms with van der Waals surface area (Å²) >= 11 is 0. The molecule has 4 nitrogen and oxygen atoms in total. The lowest BCUT2D eigenvalue weighted by molar-refractivity contribution is -0.140. The second-order valence-corrected chi connectivity index (χ2v) is 6.38. The van der Waals surface area contributed by atoms with Crippen molar-refractivity contribution in [3.8, 4) is 0 Å². The number of ether oxygens (including phenoxy) is 1. The van der Waals surface area contributed by atoms with Crippen molar-refractivity contribution < 1.29 is 9.53 Å². The monoisotopic (exact) mass is 268 g/mol. The fourth-order valence-electron chi connectivity index (χ4n) is 3.68. The third-order valence-electron chi connectivity index (χ3n) is 5.11. The summed E-state index contributed by atoms with van der Waals surface area (Å²) in [7, 11) is 2.01. The van der Waals surface area contributed by atoms with Crippen LogP contribution >= 0.6 is 0 Å². The van der Waals surface area contributed by atoms with Gasteiger partial charge in [0.15, 0.2) is 0 Å². The first-order chi connectivity index (χ1) is 8.95. The van der Waals surface area contributed by atoms with Gasteiger partial charge in [0.25, 0.3) is 0 Å². The van der Waals surface area contributed by atoms with Gasteiger partial charge in [0.05, 0.1) is 18.1 Å². The molecule has 0 aromatic heterocycles. The fraction of sp³-hybridized carbons (Fsp3) is 0.933. The number of nitrogens with one attached hydrogen (secondary N) is 1. The van der Waals surface area contributed by atoms with Gasteiger partial charge in [0.2, 0.25) is 5.91 Å². The van der Waals surface area contributed by atoms with E-state index in [1.165, 1.54) is 0 Å². The predicted octanol–water partition coefficient (Wildman–Crippen LogP) is 1.50. The molecule has 0 aromatic carbocycles. The van der Waals surface area contributed by atoms with Crippen LogP contribution in [0.15, 0.2) is 0 Å². The lowest BCUT2D eigenvalue weighted by Crippen LogP contribution is -2.52. The molecule has 0 radical (unpaired) electrons. The van der Waals surface area contributed by atoms with Crippen LogP contribution in [0.5, 0.6) is 0 Å². The Morgan fingerprint density at radius 2 is 1.89 bits per heavy atom. The Kier molecular flexibility index (Phi) is 4.51. The summed E-state index contributed by atoms with van der Waals surface area (Å²) in [6, 6.07) is 0.539. The van der Waals surface area contributed by atoms with E-state index in [0.29, 0.717) is 23.8 Å². The van der Waals surface area contributed by atoms with Crippen LogP contribution in [0.2, 0.25) is 0 Å². The smallest absolute Gasteiger partial charge is 0.228 e. The van der Waals surface area contributed by atoms with Crippen molar-refractivity contribution in [3.63, 3.8) is 0 Å². The maximum absolute atomic E-state index is 12.7. The Bertz CT molecular complexity index is 334. The molecule has 2 aliphatic heterocycles. The van der Waals surface area contributed by atoms with Gasteiger partial charge in [-0.25, -0.2) is 0 Å². The maximum atomic E-state index is 12.7. The zero-order chi connectivity index (χ0) is 14.2. The quantitative estimate of drug-likeness (QED) is 0.825. The average molecular weight is 268 g/mol. The molecule has 0 saturated carbocycles. The summed E-state index contributed by atoms with van der Waals surface area (Å²) in [5, 5.41) is 3.34. The molecule has 2 saturated heterocycles. The lowest BCUT2D eigenvalue weighted by atomic mass is 9.86. The molecule has 1 amide bonds. The molecule has 19 heavy (non-hydrogen) atoms. The van der Waals surface area contributed by atoms with Crippen LogP contribution in [0.4, 0.5) is 0 Å². The predicted molar refractivity (Wildman–Crippen MR) is 75.9 cm³/mol. The van der Waals surface area contributed by atoms with Gasteiger partial charge < -0.3 is 15.0 Å². The zero-order valence-corrected chi connectivity index (χ0v) is 12.8. The van der Waals surface area contributed by atoms with E-state index in [1.54, 1.807) is 0 Å². The molecule has 2 fully saturated rings. The molecular weight excluding hydrogens is 240 g/mol. The van der Waals surface area contributed by atoms with E-state index in [9.17, 15) is 4.79 Å². The molecule has 2 heterocycles. The summed E-state index contributed by atoms with van der Waals surface area (Å²) in [4.78, 5) is 14.8. The summed E-state index contributed by atoms with van der Waals surface area (Å²) in [5.41, 5.74) is 0. The molecule has 2 aliphatic rings. The molecular formula is C15H28N2O2. The van der Waals surface area contributed by atoms with E-state index in [4.69, 9.17) is 4.74 Å². The molecule has 0 bridgehead atoms. The van der Waals surface area contributed by atoms with Crippen molar-refractivity contribution in [1.29, 1.82) is 0 Å². The van der Waals surface area contributed by atoms with Gasteiger partial charge in [-0.15, -0.1) is 0 Å². The van der Waals surface area contributed by atoms with E-state index in [0.717, 1.165) is 19.5 Å². The highest BCUT2D eigenvalue weighted by atomic mass is 16.5. The normalized spacial score (nSPS) is 43.5. The highest BCUT2D eigenvalue weighted by Gasteiger charge is 2.44. The molecule has 6 unspecified atom stereocenters. The molecule has 0 spiro atoms. The Morgan fingerprint density at radius 1 is 1.21 bits per heavy atom. The van der Waals surface area contributed by atoms with Crippen LogP contribution in [0.25, 0.3) is 0 Å². The van der Waals surface area contributed by atoms with Gasteiger partial charge >= 0.3 is 0 Å². The maximum Gasteiger partial charge on any atom is 0.228 e. The zero-order valence-electron chi connectivity index (χ0n) is 12.8. The minimum absolute atomic E-state index is 0.0355. The van der Waals surface area contributed by atoms with Crippen molar-refractivity contribution in [2.24, 2.45) is 17.8 Å². The van der Waals surface area contributed by atoms with Crippen LogP contribution in [0.1, 0.15) is 34.1 Å². The average Bonchev–Trinajstić information content (AvgIpc) is 2.62. The highest BCUT2D eigenvalue weighted by Crippen LogP contribution is 2.34. The van der Waals surface area contributed by atoms with Gasteiger partial charge in [0.1, 0.15) is 0 Å². The summed E-state index contributed by atoms with van der Waals surface area (Å²) < 4.78 is 5.81. The third-order valence-corrected chi connectivity index (χ3v) is 5.11. The first kappa shape index (κ1) is 14.8. The number of rotatable bonds is 2. The van der Waals surface area contributed by atoms with Crippen LogP contribution in [0, 0.1) is 17.8 Å². The van der Waals surface area contributed by atoms with Gasteiger partial charge in [0, 0.05) is 19.1 Å². The first-order valence-electron chi connectivity index (χ1n) is 7.57. The number of nitrogens with zero attached hydrogens (tertiary/aromatic N) is 1. The standard InChI is InChI=1S/C15H28N2O2/c1-9-8-17(7-6-13(9)16-5)15(18)14-10(2)11(3)19-12(14)4/h9-14,16H,6-8H2,1-5H3. The number of carbonyl (C=O) groups excluding carboxylic acids is 1. The molecule has 2 rings (SSSR count). The van der Waals surface area contributed by atoms with Crippen LogP contribution in [-0.4, -0.2) is 49.2 Å². The Hall–Kier alpha value is -0.610. The van der Waals surface area contributed by atoms with E-state index >= 15 is 0 Å². The number of hydrogen-bond acceptors (Lipinski definition) is 3. The summed E-state index contributed by atoms with van der Waals surface area (Å²) in [6.07, 6.45) is 1.29. The number of carbonyl (C=O) groups is 1. The van der Waals surface area contributed by atoms with Crippen LogP contribution in [-0.2, 0) is 9.53 Å². The minimum Gasteiger partial charge on any atom is -0.374 e. The summed E-state index contributed by atoms with van der Waals surface area (Å²) in [6.45, 7) is 10.2. The second kappa shape index (κ2) is 5.80. The second-order valence-electron chi connectivity index (χ2n) is 6.38. The topological polar surface area (TPSA) is 41.6 Å². The van der Waals surface area contributed by atoms with Crippen LogP contribution in [0.3, 0.4) is 0 Å². The van der Waals surface area contributed by atoms with E-state index < -0.39 is 0 Å². The summed E-state index contributed by atoms with van der Waals surface area (Å²) in [5.74, 6) is 1.17. The number of likely N-dealkylation sites (tertiary alicyclic amines) is 1. The van der Waals surface area contributed by atoms with Gasteiger partial charge in [-0.3, -0.25) is 4.79 Å². The molecule has 0 aromatic rings. The minimum atomic E-state index is 0.0355. The van der Waals surface area contributed by atoms with Crippen LogP contribution < -0.4 is 5.32 Å². The molecule has 4 heteroatoms. The Morgan fingerprint density at radius 3 is 2.37 bits per heavy atom. The van der Waals surface area contributed by atoms with Crippen molar-refractivity contribution in [2.45, 2.75) is 52.4 Å². The number of hydrogen-bond donors (Lipinski definition) is 1. The van der Waals surface area contributed by atoms with E-state index in [1.807, 2.05) is 14.0 Å². The van der Waals surface area contributed by atoms with Crippen molar-refractivity contribution in [1.82, 2.24) is 10.2 Å². The Labute approximate surface area is 116 Å². The van der Waals surface area contributed by atoms with Crippen molar-refractivity contribution in [2.75, 3.05) is 20.1 Å². The third kappa shape index (κ3) is 2.79. The molecule has 110 valence electrons. The van der Waals surface area contributed by atoms with E-state index in [2.05, 4.69) is 31.0 Å². The lowest BCUT2D eigenvalue weighted by Gasteiger charge is -2.38. The molecule has 6 atom stereocenters. The SMILES string of the molecule is CNC1CCN(C(=O)C2C(C)OC(C)C2C)CC1C. The fourth-order valence-corrected chi connectivity index (χ4v) is 3.68. The van der Waals surface area contributed by atoms with Crippen molar-refractivity contribution >= 4 is 5.91 Å². The number of piperidine rings is 1. The highest BCUT2D eigenvalue weighted by molar-refractivity contribution is 5.80. The molecule has 0 aliphatic carbocycles. The molecule has 1 N–H and O–H groups in total. The first-order valence-corrected chi connectivity index (χ1v) is 7.57. The van der Waals surface area contributed by atoms with E-state index in [-0.39, 0.29) is 18.1 Å². The van der Waals surface area contributed by atoms with Gasteiger partial charge in [-0.1, -0.05) is 13.8 Å².